The molecule has 0 atom stereocenters. The SMILES string of the molecule is COc1cc(-c2ccco2)ccc1I. The number of furan rings is 1. The number of hydrogen-bond acceptors (Lipinski definition) is 2. The third-order valence-corrected chi connectivity index (χ3v) is 2.85. The molecule has 3 heteroatoms. The van der Waals surface area contributed by atoms with Gasteiger partial charge in [0.1, 0.15) is 11.5 Å². The quantitative estimate of drug-likeness (QED) is 0.791. The summed E-state index contributed by atoms with van der Waals surface area (Å²) in [6.45, 7) is 0. The Labute approximate surface area is 96.0 Å². The summed E-state index contributed by atoms with van der Waals surface area (Å²) < 4.78 is 11.6. The second-order valence-corrected chi connectivity index (χ2v) is 3.99. The van der Waals surface area contributed by atoms with Crippen molar-refractivity contribution in [2.45, 2.75) is 0 Å². The van der Waals surface area contributed by atoms with Gasteiger partial charge in [0.15, 0.2) is 0 Å². The van der Waals surface area contributed by atoms with Gasteiger partial charge in [-0.3, -0.25) is 0 Å². The molecule has 0 aliphatic rings. The molecule has 14 heavy (non-hydrogen) atoms. The lowest BCUT2D eigenvalue weighted by atomic mass is 10.2. The van der Waals surface area contributed by atoms with Crippen LogP contribution in [0.5, 0.6) is 5.75 Å². The van der Waals surface area contributed by atoms with Gasteiger partial charge in [-0.1, -0.05) is 0 Å². The molecular weight excluding hydrogens is 291 g/mol. The van der Waals surface area contributed by atoms with Crippen LogP contribution in [-0.2, 0) is 0 Å². The Morgan fingerprint density at radius 3 is 2.79 bits per heavy atom. The van der Waals surface area contributed by atoms with Crippen LogP contribution in [0, 0.1) is 3.57 Å². The van der Waals surface area contributed by atoms with Crippen LogP contribution in [0.15, 0.2) is 41.0 Å². The highest BCUT2D eigenvalue weighted by Crippen LogP contribution is 2.28. The summed E-state index contributed by atoms with van der Waals surface area (Å²) in [5, 5.41) is 0. The second-order valence-electron chi connectivity index (χ2n) is 2.83. The molecule has 0 saturated heterocycles. The number of hydrogen-bond donors (Lipinski definition) is 0. The molecule has 2 aromatic rings. The number of methoxy groups -OCH3 is 1. The van der Waals surface area contributed by atoms with E-state index in [-0.39, 0.29) is 0 Å². The van der Waals surface area contributed by atoms with Crippen molar-refractivity contribution in [3.05, 3.63) is 40.2 Å². The molecule has 2 nitrogen and oxygen atoms in total. The zero-order valence-corrected chi connectivity index (χ0v) is 9.82. The minimum absolute atomic E-state index is 0.861. The summed E-state index contributed by atoms with van der Waals surface area (Å²) in [5.74, 6) is 1.74. The van der Waals surface area contributed by atoms with Crippen LogP contribution < -0.4 is 4.74 Å². The first-order chi connectivity index (χ1) is 6.81. The summed E-state index contributed by atoms with van der Waals surface area (Å²) in [5.41, 5.74) is 1.03. The molecule has 0 bridgehead atoms. The Bertz CT molecular complexity index is 421. The van der Waals surface area contributed by atoms with Crippen LogP contribution >= 0.6 is 22.6 Å². The minimum Gasteiger partial charge on any atom is -0.496 e. The average molecular weight is 300 g/mol. The van der Waals surface area contributed by atoms with Crippen molar-refractivity contribution < 1.29 is 9.15 Å². The van der Waals surface area contributed by atoms with Crippen LogP contribution in [-0.4, -0.2) is 7.11 Å². The molecule has 0 aliphatic heterocycles. The zero-order valence-electron chi connectivity index (χ0n) is 7.66. The van der Waals surface area contributed by atoms with Gasteiger partial charge in [-0.25, -0.2) is 0 Å². The molecule has 2 rings (SSSR count). The second kappa shape index (κ2) is 4.04. The predicted octanol–water partition coefficient (Wildman–Crippen LogP) is 3.56. The molecule has 0 saturated carbocycles. The Morgan fingerprint density at radius 1 is 1.29 bits per heavy atom. The predicted molar refractivity (Wildman–Crippen MR) is 63.4 cm³/mol. The first-order valence-corrected chi connectivity index (χ1v) is 5.26. The highest BCUT2D eigenvalue weighted by atomic mass is 127. The molecule has 0 radical (unpaired) electrons. The number of rotatable bonds is 2. The fourth-order valence-electron chi connectivity index (χ4n) is 1.26. The summed E-state index contributed by atoms with van der Waals surface area (Å²) in [6.07, 6.45) is 1.67. The van der Waals surface area contributed by atoms with Crippen LogP contribution in [0.2, 0.25) is 0 Å². The van der Waals surface area contributed by atoms with Gasteiger partial charge in [0.05, 0.1) is 16.9 Å². The lowest BCUT2D eigenvalue weighted by molar-refractivity contribution is 0.412. The first kappa shape index (κ1) is 9.58. The van der Waals surface area contributed by atoms with E-state index in [0.717, 1.165) is 20.6 Å². The maximum atomic E-state index is 5.30. The van der Waals surface area contributed by atoms with Gasteiger partial charge < -0.3 is 9.15 Å². The van der Waals surface area contributed by atoms with Gasteiger partial charge in [0.25, 0.3) is 0 Å². The normalized spacial score (nSPS) is 10.1. The van der Waals surface area contributed by atoms with Crippen molar-refractivity contribution in [3.63, 3.8) is 0 Å². The van der Waals surface area contributed by atoms with Crippen molar-refractivity contribution in [1.29, 1.82) is 0 Å². The fourth-order valence-corrected chi connectivity index (χ4v) is 1.81. The van der Waals surface area contributed by atoms with Gasteiger partial charge in [0, 0.05) is 5.56 Å². The molecule has 0 amide bonds. The summed E-state index contributed by atoms with van der Waals surface area (Å²) in [4.78, 5) is 0. The van der Waals surface area contributed by atoms with Crippen molar-refractivity contribution in [1.82, 2.24) is 0 Å². The first-order valence-electron chi connectivity index (χ1n) is 4.18. The van der Waals surface area contributed by atoms with E-state index in [1.807, 2.05) is 30.3 Å². The Morgan fingerprint density at radius 2 is 2.14 bits per heavy atom. The van der Waals surface area contributed by atoms with Crippen LogP contribution in [0.1, 0.15) is 0 Å². The van der Waals surface area contributed by atoms with E-state index < -0.39 is 0 Å². The zero-order chi connectivity index (χ0) is 9.97. The summed E-state index contributed by atoms with van der Waals surface area (Å²) in [6, 6.07) is 9.81. The molecule has 1 aromatic carbocycles. The Kier molecular flexibility index (Phi) is 2.77. The van der Waals surface area contributed by atoms with Gasteiger partial charge in [-0.2, -0.15) is 0 Å². The van der Waals surface area contributed by atoms with E-state index in [0.29, 0.717) is 0 Å². The highest BCUT2D eigenvalue weighted by molar-refractivity contribution is 14.1. The highest BCUT2D eigenvalue weighted by Gasteiger charge is 2.04. The van der Waals surface area contributed by atoms with E-state index in [2.05, 4.69) is 22.6 Å². The maximum absolute atomic E-state index is 5.30. The van der Waals surface area contributed by atoms with Crippen molar-refractivity contribution in [3.8, 4) is 17.1 Å². The number of halogens is 1. The summed E-state index contributed by atoms with van der Waals surface area (Å²) >= 11 is 2.24. The van der Waals surface area contributed by atoms with E-state index in [1.54, 1.807) is 13.4 Å². The largest absolute Gasteiger partial charge is 0.496 e. The van der Waals surface area contributed by atoms with Gasteiger partial charge in [-0.15, -0.1) is 0 Å². The van der Waals surface area contributed by atoms with E-state index in [9.17, 15) is 0 Å². The van der Waals surface area contributed by atoms with E-state index in [4.69, 9.17) is 9.15 Å². The molecule has 72 valence electrons. The molecular formula is C11H9IO2. The standard InChI is InChI=1S/C11H9IO2/c1-13-11-7-8(4-5-9(11)12)10-3-2-6-14-10/h2-7H,1H3. The molecule has 0 unspecified atom stereocenters. The lowest BCUT2D eigenvalue weighted by Gasteiger charge is -2.04. The summed E-state index contributed by atoms with van der Waals surface area (Å²) in [7, 11) is 1.67. The third-order valence-electron chi connectivity index (χ3n) is 1.96. The van der Waals surface area contributed by atoms with Crippen LogP contribution in [0.25, 0.3) is 11.3 Å². The maximum Gasteiger partial charge on any atom is 0.133 e. The third kappa shape index (κ3) is 1.77. The lowest BCUT2D eigenvalue weighted by Crippen LogP contribution is -1.86. The molecule has 1 aromatic heterocycles. The van der Waals surface area contributed by atoms with Crippen molar-refractivity contribution in [2.24, 2.45) is 0 Å². The molecule has 0 aliphatic carbocycles. The molecule has 0 N–H and O–H groups in total. The minimum atomic E-state index is 0.861. The topological polar surface area (TPSA) is 22.4 Å². The monoisotopic (exact) mass is 300 g/mol. The number of ether oxygens (including phenoxy) is 1. The number of benzene rings is 1. The van der Waals surface area contributed by atoms with Crippen LogP contribution in [0.3, 0.4) is 0 Å². The smallest absolute Gasteiger partial charge is 0.133 e. The average Bonchev–Trinajstić information content (AvgIpc) is 2.71. The van der Waals surface area contributed by atoms with E-state index in [1.165, 1.54) is 0 Å². The van der Waals surface area contributed by atoms with Crippen molar-refractivity contribution in [2.75, 3.05) is 7.11 Å². The van der Waals surface area contributed by atoms with E-state index >= 15 is 0 Å². The molecule has 0 fully saturated rings. The molecule has 0 spiro atoms. The Balaban J connectivity index is 2.46. The van der Waals surface area contributed by atoms with Gasteiger partial charge in [0.2, 0.25) is 0 Å². The van der Waals surface area contributed by atoms with Gasteiger partial charge in [-0.05, 0) is 52.9 Å². The van der Waals surface area contributed by atoms with Gasteiger partial charge >= 0.3 is 0 Å². The fraction of sp³-hybridized carbons (Fsp3) is 0.0909. The van der Waals surface area contributed by atoms with Crippen LogP contribution in [0.4, 0.5) is 0 Å². The van der Waals surface area contributed by atoms with Crippen molar-refractivity contribution >= 4 is 22.6 Å². The Hall–Kier alpha value is -0.970. The molecule has 1 heterocycles.